The third kappa shape index (κ3) is 3.57. The molecule has 2 heteroatoms. The van der Waals surface area contributed by atoms with Crippen molar-refractivity contribution < 1.29 is 0 Å². The van der Waals surface area contributed by atoms with Gasteiger partial charge in [-0.15, -0.1) is 0 Å². The fraction of sp³-hybridized carbons (Fsp3) is 1.00. The lowest BCUT2D eigenvalue weighted by molar-refractivity contribution is 0.0365. The van der Waals surface area contributed by atoms with Crippen LogP contribution in [0.5, 0.6) is 0 Å². The summed E-state index contributed by atoms with van der Waals surface area (Å²) in [6, 6.07) is 0. The van der Waals surface area contributed by atoms with Crippen LogP contribution in [0.2, 0.25) is 0 Å². The summed E-state index contributed by atoms with van der Waals surface area (Å²) in [7, 11) is 0. The van der Waals surface area contributed by atoms with Crippen molar-refractivity contribution in [3.05, 3.63) is 0 Å². The number of hydrogen-bond donors (Lipinski definition) is 1. The van der Waals surface area contributed by atoms with Crippen molar-refractivity contribution in [1.29, 1.82) is 0 Å². The van der Waals surface area contributed by atoms with Crippen LogP contribution in [0.15, 0.2) is 0 Å². The number of hydrogen-bond acceptors (Lipinski definition) is 2. The third-order valence-corrected chi connectivity index (χ3v) is 6.38. The molecule has 20 heavy (non-hydrogen) atoms. The van der Waals surface area contributed by atoms with E-state index in [-0.39, 0.29) is 0 Å². The molecule has 1 aliphatic carbocycles. The number of nitrogens with zero attached hydrogens (tertiary/aromatic N) is 1. The van der Waals surface area contributed by atoms with Crippen LogP contribution in [0.1, 0.15) is 72.1 Å². The highest BCUT2D eigenvalue weighted by atomic mass is 15.2. The lowest BCUT2D eigenvalue weighted by Gasteiger charge is -2.48. The van der Waals surface area contributed by atoms with E-state index in [0.29, 0.717) is 5.54 Å². The molecular formula is C18H36N2. The highest BCUT2D eigenvalue weighted by Gasteiger charge is 2.40. The molecule has 0 aromatic heterocycles. The first-order chi connectivity index (χ1) is 9.61. The topological polar surface area (TPSA) is 29.3 Å². The van der Waals surface area contributed by atoms with E-state index in [0.717, 1.165) is 24.3 Å². The second-order valence-corrected chi connectivity index (χ2v) is 7.70. The van der Waals surface area contributed by atoms with E-state index in [1.807, 2.05) is 0 Å². The van der Waals surface area contributed by atoms with Crippen molar-refractivity contribution in [1.82, 2.24) is 4.90 Å². The molecule has 1 unspecified atom stereocenters. The minimum Gasteiger partial charge on any atom is -0.329 e. The van der Waals surface area contributed by atoms with Crippen LogP contribution >= 0.6 is 0 Å². The van der Waals surface area contributed by atoms with Gasteiger partial charge in [-0.2, -0.15) is 0 Å². The van der Waals surface area contributed by atoms with Crippen LogP contribution < -0.4 is 5.73 Å². The Hall–Kier alpha value is -0.0800. The number of rotatable bonds is 4. The molecule has 0 bridgehead atoms. The lowest BCUT2D eigenvalue weighted by atomic mass is 9.72. The van der Waals surface area contributed by atoms with E-state index in [2.05, 4.69) is 25.7 Å². The highest BCUT2D eigenvalue weighted by Crippen LogP contribution is 2.40. The monoisotopic (exact) mass is 280 g/mol. The zero-order valence-corrected chi connectivity index (χ0v) is 14.0. The summed E-state index contributed by atoms with van der Waals surface area (Å²) in [6.07, 6.45) is 11.0. The van der Waals surface area contributed by atoms with Crippen molar-refractivity contribution in [3.63, 3.8) is 0 Å². The van der Waals surface area contributed by atoms with E-state index in [4.69, 9.17) is 5.73 Å². The van der Waals surface area contributed by atoms with Gasteiger partial charge in [-0.1, -0.05) is 27.2 Å². The molecule has 2 rings (SSSR count). The van der Waals surface area contributed by atoms with Gasteiger partial charge in [0.25, 0.3) is 0 Å². The van der Waals surface area contributed by atoms with E-state index >= 15 is 0 Å². The van der Waals surface area contributed by atoms with Crippen molar-refractivity contribution in [3.8, 4) is 0 Å². The van der Waals surface area contributed by atoms with Gasteiger partial charge in [-0.05, 0) is 75.8 Å². The molecule has 118 valence electrons. The minimum atomic E-state index is 0.341. The predicted octanol–water partition coefficient (Wildman–Crippen LogP) is 4.04. The summed E-state index contributed by atoms with van der Waals surface area (Å²) >= 11 is 0. The molecule has 1 atom stereocenters. The van der Waals surface area contributed by atoms with Crippen LogP contribution in [0, 0.1) is 17.8 Å². The molecular weight excluding hydrogens is 244 g/mol. The molecule has 2 aliphatic rings. The van der Waals surface area contributed by atoms with E-state index in [1.54, 1.807) is 0 Å². The molecule has 0 amide bonds. The van der Waals surface area contributed by atoms with Crippen LogP contribution in [-0.4, -0.2) is 30.1 Å². The van der Waals surface area contributed by atoms with Gasteiger partial charge in [0.15, 0.2) is 0 Å². The smallest absolute Gasteiger partial charge is 0.0331 e. The van der Waals surface area contributed by atoms with Crippen molar-refractivity contribution in [2.24, 2.45) is 23.5 Å². The Balaban J connectivity index is 1.97. The van der Waals surface area contributed by atoms with Crippen LogP contribution in [0.25, 0.3) is 0 Å². The average Bonchev–Trinajstić information content (AvgIpc) is 2.73. The molecule has 0 aromatic rings. The second kappa shape index (κ2) is 7.26. The molecule has 2 nitrogen and oxygen atoms in total. The predicted molar refractivity (Wildman–Crippen MR) is 87.8 cm³/mol. The molecule has 2 fully saturated rings. The second-order valence-electron chi connectivity index (χ2n) is 7.70. The first-order valence-electron chi connectivity index (χ1n) is 9.06. The minimum absolute atomic E-state index is 0.341. The Morgan fingerprint density at radius 1 is 1.10 bits per heavy atom. The maximum absolute atomic E-state index is 6.27. The van der Waals surface area contributed by atoms with E-state index < -0.39 is 0 Å². The zero-order chi connectivity index (χ0) is 14.6. The number of likely N-dealkylation sites (tertiary alicyclic amines) is 1. The molecule has 2 N–H and O–H groups in total. The van der Waals surface area contributed by atoms with Gasteiger partial charge < -0.3 is 5.73 Å². The van der Waals surface area contributed by atoms with Crippen LogP contribution in [0.4, 0.5) is 0 Å². The highest BCUT2D eigenvalue weighted by molar-refractivity contribution is 4.97. The molecule has 1 saturated heterocycles. The standard InChI is InChI=1S/C18H36N2/c1-4-16-6-5-12-20(13-9-16)18(14-19)10-7-17(8-11-18)15(2)3/h15-17H,4-14,19H2,1-3H3. The largest absolute Gasteiger partial charge is 0.329 e. The number of nitrogens with two attached hydrogens (primary N) is 1. The third-order valence-electron chi connectivity index (χ3n) is 6.38. The Morgan fingerprint density at radius 3 is 2.35 bits per heavy atom. The first-order valence-corrected chi connectivity index (χ1v) is 9.06. The normalized spacial score (nSPS) is 37.0. The average molecular weight is 280 g/mol. The summed E-state index contributed by atoms with van der Waals surface area (Å²) in [6.45, 7) is 10.6. The molecule has 0 spiro atoms. The first kappa shape index (κ1) is 16.3. The van der Waals surface area contributed by atoms with Gasteiger partial charge in [0.2, 0.25) is 0 Å². The molecule has 1 heterocycles. The van der Waals surface area contributed by atoms with Gasteiger partial charge in [0.05, 0.1) is 0 Å². The summed E-state index contributed by atoms with van der Waals surface area (Å²) < 4.78 is 0. The maximum Gasteiger partial charge on any atom is 0.0331 e. The Labute approximate surface area is 126 Å². The summed E-state index contributed by atoms with van der Waals surface area (Å²) in [5, 5.41) is 0. The van der Waals surface area contributed by atoms with Crippen molar-refractivity contribution in [2.45, 2.75) is 77.7 Å². The van der Waals surface area contributed by atoms with Crippen molar-refractivity contribution in [2.75, 3.05) is 19.6 Å². The Morgan fingerprint density at radius 2 is 1.80 bits per heavy atom. The van der Waals surface area contributed by atoms with Gasteiger partial charge >= 0.3 is 0 Å². The summed E-state index contributed by atoms with van der Waals surface area (Å²) in [5.74, 6) is 2.74. The van der Waals surface area contributed by atoms with Crippen LogP contribution in [0.3, 0.4) is 0 Å². The van der Waals surface area contributed by atoms with Gasteiger partial charge in [-0.25, -0.2) is 0 Å². The molecule has 0 radical (unpaired) electrons. The summed E-state index contributed by atoms with van der Waals surface area (Å²) in [4.78, 5) is 2.79. The van der Waals surface area contributed by atoms with Crippen molar-refractivity contribution >= 4 is 0 Å². The van der Waals surface area contributed by atoms with E-state index in [9.17, 15) is 0 Å². The molecule has 1 aliphatic heterocycles. The Bertz CT molecular complexity index is 279. The van der Waals surface area contributed by atoms with Gasteiger partial charge in [0.1, 0.15) is 0 Å². The summed E-state index contributed by atoms with van der Waals surface area (Å²) in [5.41, 5.74) is 6.61. The lowest BCUT2D eigenvalue weighted by Crippen LogP contribution is -2.56. The SMILES string of the molecule is CCC1CCCN(C2(CN)CCC(C(C)C)CC2)CC1. The zero-order valence-electron chi connectivity index (χ0n) is 14.0. The van der Waals surface area contributed by atoms with Gasteiger partial charge in [0, 0.05) is 12.1 Å². The Kier molecular flexibility index (Phi) is 5.92. The fourth-order valence-electron chi connectivity index (χ4n) is 4.54. The van der Waals surface area contributed by atoms with Crippen LogP contribution in [-0.2, 0) is 0 Å². The molecule has 1 saturated carbocycles. The van der Waals surface area contributed by atoms with Gasteiger partial charge in [-0.3, -0.25) is 4.90 Å². The quantitative estimate of drug-likeness (QED) is 0.842. The van der Waals surface area contributed by atoms with E-state index in [1.165, 1.54) is 64.5 Å². The maximum atomic E-state index is 6.27. The molecule has 0 aromatic carbocycles. The fourth-order valence-corrected chi connectivity index (χ4v) is 4.54.